The van der Waals surface area contributed by atoms with Gasteiger partial charge in [-0.1, -0.05) is 117 Å². The Morgan fingerprint density at radius 1 is 0.568 bits per heavy atom. The van der Waals surface area contributed by atoms with E-state index in [1.807, 2.05) is 0 Å². The van der Waals surface area contributed by atoms with Gasteiger partial charge < -0.3 is 15.7 Å². The van der Waals surface area contributed by atoms with Crippen molar-refractivity contribution in [2.24, 2.45) is 0 Å². The molecule has 1 rings (SSSR count). The summed E-state index contributed by atoms with van der Waals surface area (Å²) in [7, 11) is 0. The van der Waals surface area contributed by atoms with E-state index in [4.69, 9.17) is 0 Å². The minimum atomic E-state index is -1.07. The number of benzene rings is 1. The summed E-state index contributed by atoms with van der Waals surface area (Å²) in [5.41, 5.74) is 0.878. The van der Waals surface area contributed by atoms with Crippen molar-refractivity contribution < 1.29 is 19.5 Å². The second kappa shape index (κ2) is 21.7. The molecule has 0 saturated carbocycles. The standard InChI is InChI=1S/C31H52N2O4/c1-3-5-7-9-11-13-15-17-19-21-29(34)32-27-24-23-26(31(36)37)25-28(27)33-30(35)22-20-18-16-14-12-10-8-6-4-2/h23-25H,3-22H2,1-2H3,(H,32,34)(H,33,35)(H,36,37). The lowest BCUT2D eigenvalue weighted by molar-refractivity contribution is -0.117. The molecule has 0 aromatic heterocycles. The van der Waals surface area contributed by atoms with Gasteiger partial charge >= 0.3 is 5.97 Å². The first-order chi connectivity index (χ1) is 18.0. The topological polar surface area (TPSA) is 95.5 Å². The van der Waals surface area contributed by atoms with Crippen LogP contribution in [0.4, 0.5) is 11.4 Å². The maximum absolute atomic E-state index is 12.5. The predicted octanol–water partition coefficient (Wildman–Crippen LogP) is 9.10. The van der Waals surface area contributed by atoms with Gasteiger partial charge in [0, 0.05) is 12.8 Å². The zero-order valence-electron chi connectivity index (χ0n) is 23.5. The highest BCUT2D eigenvalue weighted by molar-refractivity contribution is 6.01. The fourth-order valence-corrected chi connectivity index (χ4v) is 4.51. The van der Waals surface area contributed by atoms with Crippen molar-refractivity contribution in [1.82, 2.24) is 0 Å². The van der Waals surface area contributed by atoms with Crippen LogP contribution in [-0.2, 0) is 9.59 Å². The molecule has 0 fully saturated rings. The van der Waals surface area contributed by atoms with Crippen molar-refractivity contribution in [3.63, 3.8) is 0 Å². The second-order valence-electron chi connectivity index (χ2n) is 10.3. The van der Waals surface area contributed by atoms with Crippen molar-refractivity contribution in [3.05, 3.63) is 23.8 Å². The lowest BCUT2D eigenvalue weighted by atomic mass is 10.1. The molecular formula is C31H52N2O4. The van der Waals surface area contributed by atoms with Gasteiger partial charge in [-0.3, -0.25) is 9.59 Å². The third-order valence-corrected chi connectivity index (χ3v) is 6.83. The Morgan fingerprint density at radius 3 is 1.35 bits per heavy atom. The molecule has 3 N–H and O–H groups in total. The van der Waals surface area contributed by atoms with Crippen LogP contribution in [0.15, 0.2) is 18.2 Å². The number of carboxylic acid groups (broad SMARTS) is 1. The number of aromatic carboxylic acids is 1. The molecule has 0 spiro atoms. The zero-order valence-corrected chi connectivity index (χ0v) is 23.5. The summed E-state index contributed by atoms with van der Waals surface area (Å²) in [5, 5.41) is 15.0. The van der Waals surface area contributed by atoms with Crippen LogP contribution in [0.3, 0.4) is 0 Å². The lowest BCUT2D eigenvalue weighted by Crippen LogP contribution is -2.17. The molecule has 2 amide bonds. The summed E-state index contributed by atoms with van der Waals surface area (Å²) in [6.07, 6.45) is 22.1. The van der Waals surface area contributed by atoms with Gasteiger partial charge in [0.25, 0.3) is 0 Å². The van der Waals surface area contributed by atoms with Crippen molar-refractivity contribution in [3.8, 4) is 0 Å². The SMILES string of the molecule is CCCCCCCCCCCC(=O)Nc1ccc(C(=O)O)cc1NC(=O)CCCCCCCCCCC. The molecule has 0 atom stereocenters. The average molecular weight is 517 g/mol. The van der Waals surface area contributed by atoms with Gasteiger partial charge in [-0.05, 0) is 31.0 Å². The van der Waals surface area contributed by atoms with Gasteiger partial charge in [-0.2, -0.15) is 0 Å². The summed E-state index contributed by atoms with van der Waals surface area (Å²) < 4.78 is 0. The number of carbonyl (C=O) groups excluding carboxylic acids is 2. The van der Waals surface area contributed by atoms with Crippen molar-refractivity contribution in [1.29, 1.82) is 0 Å². The normalized spacial score (nSPS) is 10.9. The zero-order chi connectivity index (χ0) is 27.1. The van der Waals surface area contributed by atoms with Crippen LogP contribution < -0.4 is 10.6 Å². The predicted molar refractivity (Wildman–Crippen MR) is 154 cm³/mol. The smallest absolute Gasteiger partial charge is 0.335 e. The number of carboxylic acids is 1. The minimum absolute atomic E-state index is 0.0790. The highest BCUT2D eigenvalue weighted by Crippen LogP contribution is 2.25. The summed E-state index contributed by atoms with van der Waals surface area (Å²) in [6.45, 7) is 4.44. The average Bonchev–Trinajstić information content (AvgIpc) is 2.87. The maximum Gasteiger partial charge on any atom is 0.335 e. The summed E-state index contributed by atoms with van der Waals surface area (Å²) >= 11 is 0. The highest BCUT2D eigenvalue weighted by atomic mass is 16.4. The first-order valence-corrected chi connectivity index (χ1v) is 14.9. The monoisotopic (exact) mass is 516 g/mol. The highest BCUT2D eigenvalue weighted by Gasteiger charge is 2.13. The van der Waals surface area contributed by atoms with Crippen LogP contribution in [-0.4, -0.2) is 22.9 Å². The van der Waals surface area contributed by atoms with E-state index < -0.39 is 5.97 Å². The maximum atomic E-state index is 12.5. The summed E-state index contributed by atoms with van der Waals surface area (Å²) in [4.78, 5) is 36.4. The van der Waals surface area contributed by atoms with Crippen LogP contribution in [0.1, 0.15) is 153 Å². The quantitative estimate of drug-likeness (QED) is 0.126. The Balaban J connectivity index is 2.40. The summed E-state index contributed by atoms with van der Waals surface area (Å²) in [6, 6.07) is 4.43. The van der Waals surface area contributed by atoms with E-state index in [2.05, 4.69) is 24.5 Å². The number of nitrogens with one attached hydrogen (secondary N) is 2. The number of anilines is 2. The van der Waals surface area contributed by atoms with E-state index in [1.54, 1.807) is 6.07 Å². The minimum Gasteiger partial charge on any atom is -0.478 e. The van der Waals surface area contributed by atoms with E-state index >= 15 is 0 Å². The van der Waals surface area contributed by atoms with E-state index in [-0.39, 0.29) is 17.4 Å². The molecule has 210 valence electrons. The molecule has 0 aliphatic heterocycles. The Kier molecular flexibility index (Phi) is 19.1. The number of hydrogen-bond acceptors (Lipinski definition) is 3. The fraction of sp³-hybridized carbons (Fsp3) is 0.710. The fourth-order valence-electron chi connectivity index (χ4n) is 4.51. The van der Waals surface area contributed by atoms with E-state index in [0.717, 1.165) is 38.5 Å². The number of amides is 2. The molecule has 37 heavy (non-hydrogen) atoms. The lowest BCUT2D eigenvalue weighted by Gasteiger charge is -2.13. The van der Waals surface area contributed by atoms with Crippen molar-refractivity contribution in [2.45, 2.75) is 142 Å². The van der Waals surface area contributed by atoms with Crippen LogP contribution in [0.5, 0.6) is 0 Å². The molecule has 0 bridgehead atoms. The van der Waals surface area contributed by atoms with Gasteiger partial charge in [-0.25, -0.2) is 4.79 Å². The Bertz CT molecular complexity index is 778. The molecular weight excluding hydrogens is 464 g/mol. The molecule has 0 saturated heterocycles. The first-order valence-electron chi connectivity index (χ1n) is 14.9. The third kappa shape index (κ3) is 16.9. The summed E-state index contributed by atoms with van der Waals surface area (Å²) in [5.74, 6) is -1.33. The number of rotatable bonds is 23. The van der Waals surface area contributed by atoms with Crippen LogP contribution in [0.25, 0.3) is 0 Å². The Hall–Kier alpha value is -2.37. The van der Waals surface area contributed by atoms with E-state index in [9.17, 15) is 19.5 Å². The third-order valence-electron chi connectivity index (χ3n) is 6.83. The number of unbranched alkanes of at least 4 members (excludes halogenated alkanes) is 16. The molecule has 6 nitrogen and oxygen atoms in total. The molecule has 1 aromatic rings. The number of hydrogen-bond donors (Lipinski definition) is 3. The van der Waals surface area contributed by atoms with Gasteiger partial charge in [-0.15, -0.1) is 0 Å². The molecule has 0 unspecified atom stereocenters. The van der Waals surface area contributed by atoms with Crippen molar-refractivity contribution in [2.75, 3.05) is 10.6 Å². The molecule has 0 heterocycles. The van der Waals surface area contributed by atoms with Crippen LogP contribution in [0, 0.1) is 0 Å². The first kappa shape index (κ1) is 32.7. The van der Waals surface area contributed by atoms with Gasteiger partial charge in [0.05, 0.1) is 16.9 Å². The van der Waals surface area contributed by atoms with E-state index in [1.165, 1.54) is 89.2 Å². The molecule has 0 aliphatic carbocycles. The van der Waals surface area contributed by atoms with Gasteiger partial charge in [0.2, 0.25) is 11.8 Å². The Labute approximate surface area is 225 Å². The van der Waals surface area contributed by atoms with E-state index in [0.29, 0.717) is 24.2 Å². The molecule has 1 aromatic carbocycles. The number of carbonyl (C=O) groups is 3. The van der Waals surface area contributed by atoms with Gasteiger partial charge in [0.15, 0.2) is 0 Å². The molecule has 0 radical (unpaired) electrons. The van der Waals surface area contributed by atoms with Crippen molar-refractivity contribution >= 4 is 29.2 Å². The van der Waals surface area contributed by atoms with Crippen LogP contribution in [0.2, 0.25) is 0 Å². The second-order valence-corrected chi connectivity index (χ2v) is 10.3. The largest absolute Gasteiger partial charge is 0.478 e. The molecule has 6 heteroatoms. The molecule has 0 aliphatic rings. The Morgan fingerprint density at radius 2 is 0.946 bits per heavy atom. The van der Waals surface area contributed by atoms with Gasteiger partial charge in [0.1, 0.15) is 0 Å². The van der Waals surface area contributed by atoms with Crippen LogP contribution >= 0.6 is 0 Å².